The van der Waals surface area contributed by atoms with E-state index in [9.17, 15) is 9.59 Å². The summed E-state index contributed by atoms with van der Waals surface area (Å²) in [5, 5.41) is 2.37. The van der Waals surface area contributed by atoms with Gasteiger partial charge in [0.1, 0.15) is 0 Å². The summed E-state index contributed by atoms with van der Waals surface area (Å²) in [6.07, 6.45) is 5.20. The van der Waals surface area contributed by atoms with E-state index in [-0.39, 0.29) is 17.2 Å². The van der Waals surface area contributed by atoms with Crippen molar-refractivity contribution in [3.8, 4) is 0 Å². The first-order valence-corrected chi connectivity index (χ1v) is 5.44. The van der Waals surface area contributed by atoms with E-state index in [0.29, 0.717) is 12.8 Å². The Bertz CT molecular complexity index is 219. The Balaban J connectivity index is 2.66. The molecule has 1 saturated heterocycles. The quantitative estimate of drug-likeness (QED) is 0.701. The lowest BCUT2D eigenvalue weighted by molar-refractivity contribution is -0.138. The fraction of sp³-hybridized carbons (Fsp3) is 0.818. The number of imide groups is 1. The van der Waals surface area contributed by atoms with E-state index < -0.39 is 0 Å². The zero-order valence-electron chi connectivity index (χ0n) is 9.06. The minimum Gasteiger partial charge on any atom is -0.296 e. The third kappa shape index (κ3) is 2.56. The van der Waals surface area contributed by atoms with E-state index in [4.69, 9.17) is 0 Å². The maximum Gasteiger partial charge on any atom is 0.227 e. The van der Waals surface area contributed by atoms with E-state index in [1.165, 1.54) is 0 Å². The van der Waals surface area contributed by atoms with Crippen molar-refractivity contribution in [1.29, 1.82) is 0 Å². The molecule has 1 aliphatic rings. The average molecular weight is 197 g/mol. The largest absolute Gasteiger partial charge is 0.296 e. The first-order valence-electron chi connectivity index (χ1n) is 5.44. The Labute approximate surface area is 85.3 Å². The molecule has 0 atom stereocenters. The number of rotatable bonds is 4. The molecule has 1 heterocycles. The SMILES string of the molecule is CCCCC1(CC)CC(=O)NC(=O)C1. The van der Waals surface area contributed by atoms with Gasteiger partial charge >= 0.3 is 0 Å². The molecule has 0 spiro atoms. The molecule has 0 bridgehead atoms. The van der Waals surface area contributed by atoms with Crippen LogP contribution in [0.3, 0.4) is 0 Å². The van der Waals surface area contributed by atoms with Gasteiger partial charge in [-0.3, -0.25) is 14.9 Å². The summed E-state index contributed by atoms with van der Waals surface area (Å²) >= 11 is 0. The second-order valence-corrected chi connectivity index (χ2v) is 4.28. The number of unbranched alkanes of at least 4 members (excludes halogenated alkanes) is 1. The normalized spacial score (nSPS) is 20.7. The van der Waals surface area contributed by atoms with Crippen molar-refractivity contribution in [3.63, 3.8) is 0 Å². The third-order valence-corrected chi connectivity index (χ3v) is 3.16. The van der Waals surface area contributed by atoms with Crippen LogP contribution < -0.4 is 5.32 Å². The van der Waals surface area contributed by atoms with E-state index in [2.05, 4.69) is 19.2 Å². The first-order chi connectivity index (χ1) is 6.62. The van der Waals surface area contributed by atoms with Crippen molar-refractivity contribution in [2.75, 3.05) is 0 Å². The van der Waals surface area contributed by atoms with Crippen LogP contribution in [0, 0.1) is 5.41 Å². The average Bonchev–Trinajstić information content (AvgIpc) is 2.13. The van der Waals surface area contributed by atoms with Crippen LogP contribution in [0.5, 0.6) is 0 Å². The lowest BCUT2D eigenvalue weighted by atomic mass is 9.72. The summed E-state index contributed by atoms with van der Waals surface area (Å²) in [7, 11) is 0. The maximum atomic E-state index is 11.3. The van der Waals surface area contributed by atoms with Crippen LogP contribution in [0.4, 0.5) is 0 Å². The zero-order valence-corrected chi connectivity index (χ0v) is 9.06. The highest BCUT2D eigenvalue weighted by Gasteiger charge is 2.37. The van der Waals surface area contributed by atoms with Gasteiger partial charge in [-0.05, 0) is 18.3 Å². The fourth-order valence-electron chi connectivity index (χ4n) is 2.14. The van der Waals surface area contributed by atoms with Gasteiger partial charge in [-0.25, -0.2) is 0 Å². The van der Waals surface area contributed by atoms with Crippen LogP contribution in [0.2, 0.25) is 0 Å². The number of nitrogens with one attached hydrogen (secondary N) is 1. The van der Waals surface area contributed by atoms with Gasteiger partial charge in [0.05, 0.1) is 0 Å². The molecule has 3 heteroatoms. The molecule has 80 valence electrons. The zero-order chi connectivity index (χ0) is 10.6. The molecule has 2 amide bonds. The molecule has 0 aliphatic carbocycles. The highest BCUT2D eigenvalue weighted by molar-refractivity contribution is 5.98. The number of carbonyl (C=O) groups is 2. The van der Waals surface area contributed by atoms with Gasteiger partial charge in [-0.1, -0.05) is 26.7 Å². The van der Waals surface area contributed by atoms with Crippen LogP contribution in [0.15, 0.2) is 0 Å². The van der Waals surface area contributed by atoms with E-state index >= 15 is 0 Å². The molecule has 1 aliphatic heterocycles. The van der Waals surface area contributed by atoms with Crippen LogP contribution in [-0.4, -0.2) is 11.8 Å². The Morgan fingerprint density at radius 1 is 1.21 bits per heavy atom. The van der Waals surface area contributed by atoms with E-state index in [1.807, 2.05) is 0 Å². The Morgan fingerprint density at radius 3 is 2.21 bits per heavy atom. The first kappa shape index (κ1) is 11.2. The van der Waals surface area contributed by atoms with Gasteiger partial charge in [-0.15, -0.1) is 0 Å². The fourth-order valence-corrected chi connectivity index (χ4v) is 2.14. The lowest BCUT2D eigenvalue weighted by Crippen LogP contribution is -2.44. The molecule has 14 heavy (non-hydrogen) atoms. The minimum atomic E-state index is -0.0980. The van der Waals surface area contributed by atoms with Gasteiger partial charge in [-0.2, -0.15) is 0 Å². The Morgan fingerprint density at radius 2 is 1.79 bits per heavy atom. The molecule has 0 saturated carbocycles. The lowest BCUT2D eigenvalue weighted by Gasteiger charge is -2.34. The van der Waals surface area contributed by atoms with Crippen LogP contribution in [0.1, 0.15) is 52.4 Å². The van der Waals surface area contributed by atoms with Crippen molar-refractivity contribution in [2.45, 2.75) is 52.4 Å². The molecule has 0 aromatic heterocycles. The summed E-state index contributed by atoms with van der Waals surface area (Å²) in [4.78, 5) is 22.6. The standard InChI is InChI=1S/C11H19NO2/c1-3-5-6-11(4-2)7-9(13)12-10(14)8-11/h3-8H2,1-2H3,(H,12,13,14). The number of carbonyl (C=O) groups excluding carboxylic acids is 2. The van der Waals surface area contributed by atoms with Gasteiger partial charge in [0, 0.05) is 12.8 Å². The number of hydrogen-bond acceptors (Lipinski definition) is 2. The van der Waals surface area contributed by atoms with Crippen LogP contribution >= 0.6 is 0 Å². The molecular weight excluding hydrogens is 178 g/mol. The number of amides is 2. The summed E-state index contributed by atoms with van der Waals surface area (Å²) < 4.78 is 0. The van der Waals surface area contributed by atoms with Gasteiger partial charge in [0.15, 0.2) is 0 Å². The molecule has 0 aromatic carbocycles. The van der Waals surface area contributed by atoms with Gasteiger partial charge < -0.3 is 0 Å². The van der Waals surface area contributed by atoms with E-state index in [1.54, 1.807) is 0 Å². The Kier molecular flexibility index (Phi) is 3.67. The molecule has 0 unspecified atom stereocenters. The topological polar surface area (TPSA) is 46.2 Å². The predicted molar refractivity (Wildman–Crippen MR) is 54.6 cm³/mol. The molecule has 3 nitrogen and oxygen atoms in total. The predicted octanol–water partition coefficient (Wildman–Crippen LogP) is 2.01. The molecule has 0 radical (unpaired) electrons. The molecule has 1 N–H and O–H groups in total. The van der Waals surface area contributed by atoms with Crippen molar-refractivity contribution in [3.05, 3.63) is 0 Å². The minimum absolute atomic E-state index is 0.0462. The summed E-state index contributed by atoms with van der Waals surface area (Å²) in [5.74, 6) is -0.196. The second-order valence-electron chi connectivity index (χ2n) is 4.28. The molecular formula is C11H19NO2. The van der Waals surface area contributed by atoms with Crippen molar-refractivity contribution >= 4 is 11.8 Å². The molecule has 1 rings (SSSR count). The van der Waals surface area contributed by atoms with Crippen LogP contribution in [-0.2, 0) is 9.59 Å². The Hall–Kier alpha value is -0.860. The second kappa shape index (κ2) is 4.58. The van der Waals surface area contributed by atoms with Gasteiger partial charge in [0.25, 0.3) is 0 Å². The number of hydrogen-bond donors (Lipinski definition) is 1. The molecule has 0 aromatic rings. The van der Waals surface area contributed by atoms with E-state index in [0.717, 1.165) is 25.7 Å². The van der Waals surface area contributed by atoms with Gasteiger partial charge in [0.2, 0.25) is 11.8 Å². The summed E-state index contributed by atoms with van der Waals surface area (Å²) in [5.41, 5.74) is -0.0462. The highest BCUT2D eigenvalue weighted by Crippen LogP contribution is 2.38. The van der Waals surface area contributed by atoms with Crippen molar-refractivity contribution in [2.24, 2.45) is 5.41 Å². The molecule has 1 fully saturated rings. The third-order valence-electron chi connectivity index (χ3n) is 3.16. The summed E-state index contributed by atoms with van der Waals surface area (Å²) in [6, 6.07) is 0. The number of piperidine rings is 1. The van der Waals surface area contributed by atoms with Crippen LogP contribution in [0.25, 0.3) is 0 Å². The maximum absolute atomic E-state index is 11.3. The van der Waals surface area contributed by atoms with Crippen molar-refractivity contribution < 1.29 is 9.59 Å². The summed E-state index contributed by atoms with van der Waals surface area (Å²) in [6.45, 7) is 4.20. The highest BCUT2D eigenvalue weighted by atomic mass is 16.2. The smallest absolute Gasteiger partial charge is 0.227 e. The monoisotopic (exact) mass is 197 g/mol. The van der Waals surface area contributed by atoms with Crippen molar-refractivity contribution in [1.82, 2.24) is 5.32 Å².